The molecule has 0 saturated carbocycles. The van der Waals surface area contributed by atoms with E-state index in [-0.39, 0.29) is 0 Å². The molecule has 0 aromatic carbocycles. The molecule has 1 aromatic heterocycles. The first-order chi connectivity index (χ1) is 8.45. The average Bonchev–Trinajstić information content (AvgIpc) is 2.65. The number of carboxylic acid groups (broad SMARTS) is 1. The van der Waals surface area contributed by atoms with Crippen LogP contribution in [0.25, 0.3) is 0 Å². The lowest BCUT2D eigenvalue weighted by Gasteiger charge is -2.23. The maximum Gasteiger partial charge on any atom is 0.320 e. The van der Waals surface area contributed by atoms with E-state index in [0.29, 0.717) is 18.9 Å². The van der Waals surface area contributed by atoms with Crippen molar-refractivity contribution in [2.24, 2.45) is 5.92 Å². The number of aromatic nitrogens is 3. The quantitative estimate of drug-likeness (QED) is 0.792. The van der Waals surface area contributed by atoms with Gasteiger partial charge in [0.25, 0.3) is 0 Å². The highest BCUT2D eigenvalue weighted by Gasteiger charge is 2.22. The van der Waals surface area contributed by atoms with E-state index in [1.54, 1.807) is 11.9 Å². The second-order valence-corrected chi connectivity index (χ2v) is 4.93. The lowest BCUT2D eigenvalue weighted by molar-refractivity contribution is -0.143. The molecule has 102 valence electrons. The Labute approximate surface area is 108 Å². The Morgan fingerprint density at radius 2 is 2.22 bits per heavy atom. The third-order valence-corrected chi connectivity index (χ3v) is 2.83. The summed E-state index contributed by atoms with van der Waals surface area (Å²) in [4.78, 5) is 17.1. The van der Waals surface area contributed by atoms with Crippen molar-refractivity contribution in [3.05, 3.63) is 12.2 Å². The van der Waals surface area contributed by atoms with Crippen molar-refractivity contribution in [3.8, 4) is 0 Å². The Kier molecular flexibility index (Phi) is 5.27. The second kappa shape index (κ2) is 6.49. The van der Waals surface area contributed by atoms with Gasteiger partial charge < -0.3 is 5.11 Å². The van der Waals surface area contributed by atoms with Crippen LogP contribution in [0.3, 0.4) is 0 Å². The number of rotatable bonds is 7. The van der Waals surface area contributed by atoms with Gasteiger partial charge in [-0.3, -0.25) is 9.69 Å². The highest BCUT2D eigenvalue weighted by atomic mass is 16.4. The average molecular weight is 254 g/mol. The summed E-state index contributed by atoms with van der Waals surface area (Å²) in [5, 5.41) is 13.3. The zero-order chi connectivity index (χ0) is 13.7. The molecule has 1 atom stereocenters. The number of carbonyl (C=O) groups is 1. The molecule has 0 fully saturated rings. The Balaban J connectivity index is 2.72. The third-order valence-electron chi connectivity index (χ3n) is 2.83. The normalized spacial score (nSPS) is 13.2. The van der Waals surface area contributed by atoms with Crippen molar-refractivity contribution in [2.75, 3.05) is 7.05 Å². The molecule has 0 bridgehead atoms. The first kappa shape index (κ1) is 14.6. The molecule has 0 radical (unpaired) electrons. The molecule has 1 aromatic rings. The molecule has 0 aliphatic rings. The lowest BCUT2D eigenvalue weighted by Crippen LogP contribution is -2.38. The van der Waals surface area contributed by atoms with E-state index in [4.69, 9.17) is 5.11 Å². The summed E-state index contributed by atoms with van der Waals surface area (Å²) in [5.41, 5.74) is 0. The van der Waals surface area contributed by atoms with Gasteiger partial charge in [-0.2, -0.15) is 5.10 Å². The van der Waals surface area contributed by atoms with Gasteiger partial charge in [0, 0.05) is 6.54 Å². The highest BCUT2D eigenvalue weighted by Crippen LogP contribution is 2.08. The second-order valence-electron chi connectivity index (χ2n) is 4.93. The van der Waals surface area contributed by atoms with Crippen LogP contribution < -0.4 is 0 Å². The third kappa shape index (κ3) is 3.80. The largest absolute Gasteiger partial charge is 0.480 e. The van der Waals surface area contributed by atoms with Crippen molar-refractivity contribution in [3.63, 3.8) is 0 Å². The first-order valence-electron chi connectivity index (χ1n) is 6.25. The molecule has 6 nitrogen and oxygen atoms in total. The van der Waals surface area contributed by atoms with E-state index in [1.165, 1.54) is 6.33 Å². The Bertz CT molecular complexity index is 389. The molecule has 0 aliphatic carbocycles. The predicted octanol–water partition coefficient (Wildman–Crippen LogP) is 1.23. The SMILES string of the molecule is CCC(C(=O)O)N(C)Cc1ncnn1CC(C)C. The summed E-state index contributed by atoms with van der Waals surface area (Å²) in [6.45, 7) is 7.39. The molecule has 1 rings (SSSR count). The number of aliphatic carboxylic acids is 1. The molecular formula is C12H22N4O2. The van der Waals surface area contributed by atoms with Crippen molar-refractivity contribution >= 4 is 5.97 Å². The number of hydrogen-bond acceptors (Lipinski definition) is 4. The smallest absolute Gasteiger partial charge is 0.320 e. The lowest BCUT2D eigenvalue weighted by atomic mass is 10.2. The molecular weight excluding hydrogens is 232 g/mol. The summed E-state index contributed by atoms with van der Waals surface area (Å²) in [7, 11) is 1.80. The summed E-state index contributed by atoms with van der Waals surface area (Å²) >= 11 is 0. The van der Waals surface area contributed by atoms with Crippen molar-refractivity contribution < 1.29 is 9.90 Å². The summed E-state index contributed by atoms with van der Waals surface area (Å²) in [6.07, 6.45) is 2.09. The molecule has 1 heterocycles. The molecule has 1 unspecified atom stereocenters. The van der Waals surface area contributed by atoms with Crippen molar-refractivity contribution in [2.45, 2.75) is 46.3 Å². The Morgan fingerprint density at radius 1 is 1.56 bits per heavy atom. The van der Waals surface area contributed by atoms with Crippen LogP contribution in [0, 0.1) is 5.92 Å². The van der Waals surface area contributed by atoms with E-state index >= 15 is 0 Å². The zero-order valence-electron chi connectivity index (χ0n) is 11.5. The van der Waals surface area contributed by atoms with Crippen LogP contribution in [-0.2, 0) is 17.9 Å². The van der Waals surface area contributed by atoms with Crippen LogP contribution in [0.1, 0.15) is 33.0 Å². The van der Waals surface area contributed by atoms with Crippen molar-refractivity contribution in [1.82, 2.24) is 19.7 Å². The Morgan fingerprint density at radius 3 is 2.72 bits per heavy atom. The van der Waals surface area contributed by atoms with Crippen LogP contribution in [-0.4, -0.2) is 43.8 Å². The zero-order valence-corrected chi connectivity index (χ0v) is 11.5. The molecule has 6 heteroatoms. The van der Waals surface area contributed by atoms with Crippen LogP contribution >= 0.6 is 0 Å². The molecule has 0 amide bonds. The Hall–Kier alpha value is -1.43. The van der Waals surface area contributed by atoms with Crippen LogP contribution in [0.5, 0.6) is 0 Å². The maximum absolute atomic E-state index is 11.1. The predicted molar refractivity (Wildman–Crippen MR) is 68.0 cm³/mol. The van der Waals surface area contributed by atoms with E-state index in [1.807, 2.05) is 11.6 Å². The fourth-order valence-electron chi connectivity index (χ4n) is 1.92. The van der Waals surface area contributed by atoms with Crippen LogP contribution in [0.15, 0.2) is 6.33 Å². The standard InChI is InChI=1S/C12H22N4O2/c1-5-10(12(17)18)15(4)7-11-13-8-14-16(11)6-9(2)3/h8-10H,5-7H2,1-4H3,(H,17,18). The minimum atomic E-state index is -0.796. The number of likely N-dealkylation sites (N-methyl/N-ethyl adjacent to an activating group) is 1. The van der Waals surface area contributed by atoms with E-state index in [2.05, 4.69) is 23.9 Å². The number of carboxylic acids is 1. The van der Waals surface area contributed by atoms with Gasteiger partial charge >= 0.3 is 5.97 Å². The molecule has 18 heavy (non-hydrogen) atoms. The van der Waals surface area contributed by atoms with Crippen molar-refractivity contribution in [1.29, 1.82) is 0 Å². The van der Waals surface area contributed by atoms with Gasteiger partial charge in [0.2, 0.25) is 0 Å². The van der Waals surface area contributed by atoms with Gasteiger partial charge in [-0.1, -0.05) is 20.8 Å². The summed E-state index contributed by atoms with van der Waals surface area (Å²) in [6, 6.07) is -0.478. The molecule has 1 N–H and O–H groups in total. The van der Waals surface area contributed by atoms with Gasteiger partial charge in [0.1, 0.15) is 18.2 Å². The molecule has 0 aliphatic heterocycles. The van der Waals surface area contributed by atoms with Gasteiger partial charge in [0.05, 0.1) is 6.54 Å². The molecule has 0 spiro atoms. The maximum atomic E-state index is 11.1. The topological polar surface area (TPSA) is 71.2 Å². The van der Waals surface area contributed by atoms with Gasteiger partial charge in [-0.15, -0.1) is 0 Å². The van der Waals surface area contributed by atoms with Crippen LogP contribution in [0.4, 0.5) is 0 Å². The minimum Gasteiger partial charge on any atom is -0.480 e. The van der Waals surface area contributed by atoms with E-state index in [9.17, 15) is 4.79 Å². The van der Waals surface area contributed by atoms with Gasteiger partial charge in [-0.05, 0) is 19.4 Å². The van der Waals surface area contributed by atoms with Crippen LogP contribution in [0.2, 0.25) is 0 Å². The fourth-order valence-corrected chi connectivity index (χ4v) is 1.92. The van der Waals surface area contributed by atoms with E-state index < -0.39 is 12.0 Å². The van der Waals surface area contributed by atoms with Gasteiger partial charge in [-0.25, -0.2) is 9.67 Å². The van der Waals surface area contributed by atoms with Gasteiger partial charge in [0.15, 0.2) is 0 Å². The summed E-state index contributed by atoms with van der Waals surface area (Å²) < 4.78 is 1.84. The highest BCUT2D eigenvalue weighted by molar-refractivity contribution is 5.73. The van der Waals surface area contributed by atoms with E-state index in [0.717, 1.165) is 12.4 Å². The number of nitrogens with zero attached hydrogens (tertiary/aromatic N) is 4. The number of hydrogen-bond donors (Lipinski definition) is 1. The molecule has 0 saturated heterocycles. The monoisotopic (exact) mass is 254 g/mol. The first-order valence-corrected chi connectivity index (χ1v) is 6.25. The fraction of sp³-hybridized carbons (Fsp3) is 0.750. The minimum absolute atomic E-state index is 0.478. The summed E-state index contributed by atoms with van der Waals surface area (Å²) in [5.74, 6) is 0.498.